The quantitative estimate of drug-likeness (QED) is 0.863. The van der Waals surface area contributed by atoms with E-state index in [1.807, 2.05) is 6.92 Å². The van der Waals surface area contributed by atoms with E-state index < -0.39 is 0 Å². The van der Waals surface area contributed by atoms with E-state index in [-0.39, 0.29) is 0 Å². The van der Waals surface area contributed by atoms with Crippen LogP contribution in [-0.2, 0) is 6.42 Å². The first-order valence-corrected chi connectivity index (χ1v) is 6.72. The molecule has 1 saturated heterocycles. The summed E-state index contributed by atoms with van der Waals surface area (Å²) in [6, 6.07) is 6.63. The number of piperidine rings is 1. The second-order valence-electron chi connectivity index (χ2n) is 4.93. The van der Waals surface area contributed by atoms with Crippen LogP contribution in [0.25, 0.3) is 0 Å². The smallest absolute Gasteiger partial charge is 0.122 e. The van der Waals surface area contributed by atoms with Gasteiger partial charge in [-0.3, -0.25) is 0 Å². The largest absolute Gasteiger partial charge is 0.494 e. The van der Waals surface area contributed by atoms with Gasteiger partial charge >= 0.3 is 0 Å². The standard InChI is InChI=1S/C15H23NO/c1-3-17-15-5-4-14(10-12(15)2)11-13-6-8-16-9-7-13/h4-5,10,13,16H,3,6-9,11H2,1-2H3. The highest BCUT2D eigenvalue weighted by Crippen LogP contribution is 2.23. The molecule has 0 aliphatic carbocycles. The summed E-state index contributed by atoms with van der Waals surface area (Å²) in [6.45, 7) is 7.27. The Hall–Kier alpha value is -1.02. The second-order valence-corrected chi connectivity index (χ2v) is 4.93. The number of aryl methyl sites for hydroxylation is 1. The second kappa shape index (κ2) is 6.06. The molecular formula is C15H23NO. The SMILES string of the molecule is CCOc1ccc(CC2CCNCC2)cc1C. The molecule has 0 bridgehead atoms. The third kappa shape index (κ3) is 3.47. The van der Waals surface area contributed by atoms with Gasteiger partial charge < -0.3 is 10.1 Å². The molecule has 2 nitrogen and oxygen atoms in total. The van der Waals surface area contributed by atoms with Crippen molar-refractivity contribution in [2.45, 2.75) is 33.1 Å². The fourth-order valence-electron chi connectivity index (χ4n) is 2.58. The topological polar surface area (TPSA) is 21.3 Å². The van der Waals surface area contributed by atoms with Crippen LogP contribution in [0.5, 0.6) is 5.75 Å². The highest BCUT2D eigenvalue weighted by Gasteiger charge is 2.13. The van der Waals surface area contributed by atoms with Crippen LogP contribution in [-0.4, -0.2) is 19.7 Å². The van der Waals surface area contributed by atoms with Gasteiger partial charge in [-0.15, -0.1) is 0 Å². The van der Waals surface area contributed by atoms with Crippen molar-refractivity contribution >= 4 is 0 Å². The van der Waals surface area contributed by atoms with Gasteiger partial charge in [0.2, 0.25) is 0 Å². The first kappa shape index (κ1) is 12.4. The number of hydrogen-bond donors (Lipinski definition) is 1. The van der Waals surface area contributed by atoms with E-state index in [1.165, 1.54) is 43.5 Å². The van der Waals surface area contributed by atoms with Gasteiger partial charge in [0.25, 0.3) is 0 Å². The number of hydrogen-bond acceptors (Lipinski definition) is 2. The van der Waals surface area contributed by atoms with Crippen LogP contribution in [0, 0.1) is 12.8 Å². The fourth-order valence-corrected chi connectivity index (χ4v) is 2.58. The average molecular weight is 233 g/mol. The Morgan fingerprint density at radius 2 is 2.06 bits per heavy atom. The minimum Gasteiger partial charge on any atom is -0.494 e. The molecule has 94 valence electrons. The van der Waals surface area contributed by atoms with Crippen molar-refractivity contribution in [2.24, 2.45) is 5.92 Å². The number of benzene rings is 1. The Morgan fingerprint density at radius 3 is 2.71 bits per heavy atom. The maximum Gasteiger partial charge on any atom is 0.122 e. The van der Waals surface area contributed by atoms with Crippen LogP contribution >= 0.6 is 0 Å². The predicted molar refractivity (Wildman–Crippen MR) is 71.6 cm³/mol. The molecular weight excluding hydrogens is 210 g/mol. The summed E-state index contributed by atoms with van der Waals surface area (Å²) in [5.74, 6) is 1.88. The number of nitrogens with one attached hydrogen (secondary N) is 1. The van der Waals surface area contributed by atoms with Gasteiger partial charge in [0.1, 0.15) is 5.75 Å². The van der Waals surface area contributed by atoms with E-state index in [4.69, 9.17) is 4.74 Å². The maximum atomic E-state index is 5.57. The van der Waals surface area contributed by atoms with Gasteiger partial charge in [-0.1, -0.05) is 12.1 Å². The summed E-state index contributed by atoms with van der Waals surface area (Å²) < 4.78 is 5.57. The van der Waals surface area contributed by atoms with Crippen LogP contribution in [0.3, 0.4) is 0 Å². The molecule has 0 saturated carbocycles. The molecule has 1 aliphatic heterocycles. The van der Waals surface area contributed by atoms with Crippen LogP contribution in [0.4, 0.5) is 0 Å². The van der Waals surface area contributed by atoms with E-state index in [0.717, 1.165) is 18.3 Å². The Morgan fingerprint density at radius 1 is 1.29 bits per heavy atom. The highest BCUT2D eigenvalue weighted by molar-refractivity contribution is 5.36. The van der Waals surface area contributed by atoms with Gasteiger partial charge in [-0.05, 0) is 69.3 Å². The molecule has 1 fully saturated rings. The van der Waals surface area contributed by atoms with Crippen LogP contribution in [0.1, 0.15) is 30.9 Å². The van der Waals surface area contributed by atoms with E-state index >= 15 is 0 Å². The van der Waals surface area contributed by atoms with Crippen molar-refractivity contribution in [1.82, 2.24) is 5.32 Å². The molecule has 0 atom stereocenters. The van der Waals surface area contributed by atoms with Crippen molar-refractivity contribution in [3.63, 3.8) is 0 Å². The third-order valence-electron chi connectivity index (χ3n) is 3.52. The summed E-state index contributed by atoms with van der Waals surface area (Å²) in [6.07, 6.45) is 3.84. The molecule has 17 heavy (non-hydrogen) atoms. The monoisotopic (exact) mass is 233 g/mol. The lowest BCUT2D eigenvalue weighted by Gasteiger charge is -2.22. The zero-order chi connectivity index (χ0) is 12.1. The van der Waals surface area contributed by atoms with Gasteiger partial charge in [-0.25, -0.2) is 0 Å². The highest BCUT2D eigenvalue weighted by atomic mass is 16.5. The average Bonchev–Trinajstić information content (AvgIpc) is 2.34. The van der Waals surface area contributed by atoms with Crippen molar-refractivity contribution in [3.8, 4) is 5.75 Å². The predicted octanol–water partition coefficient (Wildman–Crippen LogP) is 2.94. The molecule has 1 aliphatic rings. The molecule has 1 N–H and O–H groups in total. The van der Waals surface area contributed by atoms with Crippen LogP contribution < -0.4 is 10.1 Å². The molecule has 0 amide bonds. The van der Waals surface area contributed by atoms with Crippen molar-refractivity contribution in [2.75, 3.05) is 19.7 Å². The van der Waals surface area contributed by atoms with Gasteiger partial charge in [0.15, 0.2) is 0 Å². The lowest BCUT2D eigenvalue weighted by Crippen LogP contribution is -2.28. The van der Waals surface area contributed by atoms with E-state index in [9.17, 15) is 0 Å². The minimum absolute atomic E-state index is 0.745. The molecule has 0 spiro atoms. The summed E-state index contributed by atoms with van der Waals surface area (Å²) >= 11 is 0. The van der Waals surface area contributed by atoms with Crippen molar-refractivity contribution < 1.29 is 4.74 Å². The lowest BCUT2D eigenvalue weighted by atomic mass is 9.90. The van der Waals surface area contributed by atoms with Crippen LogP contribution in [0.15, 0.2) is 18.2 Å². The Labute approximate surface area is 104 Å². The van der Waals surface area contributed by atoms with Gasteiger partial charge in [0.05, 0.1) is 6.61 Å². The van der Waals surface area contributed by atoms with Crippen molar-refractivity contribution in [3.05, 3.63) is 29.3 Å². The molecule has 0 aromatic heterocycles. The van der Waals surface area contributed by atoms with Crippen molar-refractivity contribution in [1.29, 1.82) is 0 Å². The molecule has 2 rings (SSSR count). The molecule has 0 unspecified atom stereocenters. The Bertz CT molecular complexity index is 356. The number of rotatable bonds is 4. The minimum atomic E-state index is 0.745. The first-order chi connectivity index (χ1) is 8.29. The summed E-state index contributed by atoms with van der Waals surface area (Å²) in [5.41, 5.74) is 2.72. The molecule has 1 heterocycles. The van der Waals surface area contributed by atoms with E-state index in [2.05, 4.69) is 30.4 Å². The molecule has 0 radical (unpaired) electrons. The summed E-state index contributed by atoms with van der Waals surface area (Å²) in [5, 5.41) is 3.42. The summed E-state index contributed by atoms with van der Waals surface area (Å²) in [7, 11) is 0. The normalized spacial score (nSPS) is 17.1. The molecule has 1 aromatic carbocycles. The number of ether oxygens (including phenoxy) is 1. The zero-order valence-electron chi connectivity index (χ0n) is 11.0. The molecule has 1 aromatic rings. The zero-order valence-corrected chi connectivity index (χ0v) is 11.0. The molecule has 2 heteroatoms. The summed E-state index contributed by atoms with van der Waals surface area (Å²) in [4.78, 5) is 0. The Balaban J connectivity index is 1.98. The fraction of sp³-hybridized carbons (Fsp3) is 0.600. The lowest BCUT2D eigenvalue weighted by molar-refractivity contribution is 0.337. The Kier molecular flexibility index (Phi) is 4.43. The van der Waals surface area contributed by atoms with E-state index in [1.54, 1.807) is 0 Å². The first-order valence-electron chi connectivity index (χ1n) is 6.72. The van der Waals surface area contributed by atoms with Crippen LogP contribution in [0.2, 0.25) is 0 Å². The third-order valence-corrected chi connectivity index (χ3v) is 3.52. The van der Waals surface area contributed by atoms with Gasteiger partial charge in [0, 0.05) is 0 Å². The maximum absolute atomic E-state index is 5.57. The van der Waals surface area contributed by atoms with E-state index in [0.29, 0.717) is 0 Å². The van der Waals surface area contributed by atoms with Gasteiger partial charge in [-0.2, -0.15) is 0 Å².